The van der Waals surface area contributed by atoms with E-state index in [1.165, 1.54) is 9.80 Å². The molecule has 0 saturated heterocycles. The van der Waals surface area contributed by atoms with Crippen LogP contribution >= 0.6 is 0 Å². The molecule has 2 amide bonds. The van der Waals surface area contributed by atoms with Gasteiger partial charge in [-0.25, -0.2) is 4.79 Å². The number of carbonyl (C=O) groups is 2. The summed E-state index contributed by atoms with van der Waals surface area (Å²) < 4.78 is 0. The lowest BCUT2D eigenvalue weighted by molar-refractivity contribution is -0.141. The van der Waals surface area contributed by atoms with Crippen LogP contribution in [0.1, 0.15) is 27.7 Å². The van der Waals surface area contributed by atoms with Crippen molar-refractivity contribution in [1.29, 1.82) is 0 Å². The zero-order chi connectivity index (χ0) is 14.5. The smallest absolute Gasteiger partial charge is 0.320 e. The van der Waals surface area contributed by atoms with Gasteiger partial charge in [0.05, 0.1) is 18.1 Å². The van der Waals surface area contributed by atoms with Gasteiger partial charge in [-0.1, -0.05) is 6.92 Å². The average molecular weight is 260 g/mol. The first kappa shape index (κ1) is 16.7. The van der Waals surface area contributed by atoms with Gasteiger partial charge in [0.25, 0.3) is 0 Å². The molecular weight excluding hydrogens is 236 g/mol. The monoisotopic (exact) mass is 260 g/mol. The Hall–Kier alpha value is -1.30. The molecule has 1 unspecified atom stereocenters. The summed E-state index contributed by atoms with van der Waals surface area (Å²) in [4.78, 5) is 25.9. The molecule has 0 aliphatic carbocycles. The molecule has 0 bridgehead atoms. The topological polar surface area (TPSA) is 81.1 Å². The minimum Gasteiger partial charge on any atom is -0.481 e. The van der Waals surface area contributed by atoms with Crippen molar-refractivity contribution in [1.82, 2.24) is 9.80 Å². The molecule has 18 heavy (non-hydrogen) atoms. The number of hydrogen-bond acceptors (Lipinski definition) is 3. The average Bonchev–Trinajstić information content (AvgIpc) is 2.33. The second kappa shape index (κ2) is 6.58. The number of carboxylic acids is 1. The summed E-state index contributed by atoms with van der Waals surface area (Å²) in [5.41, 5.74) is -0.670. The Kier molecular flexibility index (Phi) is 6.11. The molecule has 0 aromatic heterocycles. The van der Waals surface area contributed by atoms with Crippen LogP contribution < -0.4 is 0 Å². The Bertz CT molecular complexity index is 304. The molecule has 0 aromatic carbocycles. The van der Waals surface area contributed by atoms with Crippen molar-refractivity contribution in [3.8, 4) is 0 Å². The van der Waals surface area contributed by atoms with Crippen LogP contribution in [0.2, 0.25) is 0 Å². The van der Waals surface area contributed by atoms with Gasteiger partial charge in [-0.3, -0.25) is 4.79 Å². The lowest BCUT2D eigenvalue weighted by atomic mass is 10.1. The number of carbonyl (C=O) groups excluding carboxylic acids is 1. The van der Waals surface area contributed by atoms with E-state index in [4.69, 9.17) is 5.11 Å². The van der Waals surface area contributed by atoms with Crippen molar-refractivity contribution in [2.24, 2.45) is 5.92 Å². The second-order valence-corrected chi connectivity index (χ2v) is 5.09. The molecule has 0 aromatic rings. The Labute approximate surface area is 108 Å². The molecule has 0 saturated carbocycles. The fourth-order valence-electron chi connectivity index (χ4n) is 1.33. The molecule has 6 nitrogen and oxygen atoms in total. The van der Waals surface area contributed by atoms with Crippen molar-refractivity contribution in [3.05, 3.63) is 0 Å². The highest BCUT2D eigenvalue weighted by Crippen LogP contribution is 2.14. The number of hydrogen-bond donors (Lipinski definition) is 2. The van der Waals surface area contributed by atoms with Crippen molar-refractivity contribution in [3.63, 3.8) is 0 Å². The third-order valence-electron chi connectivity index (χ3n) is 3.15. The zero-order valence-corrected chi connectivity index (χ0v) is 11.8. The molecule has 0 aliphatic heterocycles. The van der Waals surface area contributed by atoms with Crippen LogP contribution in [0.25, 0.3) is 0 Å². The lowest BCUT2D eigenvalue weighted by Crippen LogP contribution is -2.53. The molecule has 0 rings (SSSR count). The van der Waals surface area contributed by atoms with E-state index in [9.17, 15) is 14.7 Å². The Morgan fingerprint density at radius 3 is 2.17 bits per heavy atom. The van der Waals surface area contributed by atoms with E-state index in [0.717, 1.165) is 0 Å². The van der Waals surface area contributed by atoms with Gasteiger partial charge in [-0.05, 0) is 20.8 Å². The third-order valence-corrected chi connectivity index (χ3v) is 3.15. The first-order valence-electron chi connectivity index (χ1n) is 6.03. The number of nitrogens with zero attached hydrogens (tertiary/aromatic N) is 2. The fraction of sp³-hybridized carbons (Fsp3) is 0.833. The SMILES string of the molecule is CCN(CC(C)C(=O)O)C(=O)N(C)C(C)(C)CO. The summed E-state index contributed by atoms with van der Waals surface area (Å²) >= 11 is 0. The van der Waals surface area contributed by atoms with Gasteiger partial charge < -0.3 is 20.0 Å². The number of amides is 2. The molecule has 106 valence electrons. The fourth-order valence-corrected chi connectivity index (χ4v) is 1.33. The van der Waals surface area contributed by atoms with Crippen molar-refractivity contribution in [2.75, 3.05) is 26.7 Å². The predicted octanol–water partition coefficient (Wildman–Crippen LogP) is 0.852. The minimum absolute atomic E-state index is 0.152. The molecule has 0 spiro atoms. The lowest BCUT2D eigenvalue weighted by Gasteiger charge is -2.37. The maximum Gasteiger partial charge on any atom is 0.320 e. The predicted molar refractivity (Wildman–Crippen MR) is 68.4 cm³/mol. The molecule has 0 heterocycles. The number of aliphatic hydroxyl groups is 1. The van der Waals surface area contributed by atoms with Gasteiger partial charge in [0.15, 0.2) is 0 Å². The number of likely N-dealkylation sites (N-methyl/N-ethyl adjacent to an activating group) is 1. The van der Waals surface area contributed by atoms with E-state index < -0.39 is 17.4 Å². The number of aliphatic carboxylic acids is 1. The van der Waals surface area contributed by atoms with Gasteiger partial charge in [-0.2, -0.15) is 0 Å². The van der Waals surface area contributed by atoms with Crippen molar-refractivity contribution in [2.45, 2.75) is 33.2 Å². The van der Waals surface area contributed by atoms with E-state index in [0.29, 0.717) is 6.54 Å². The summed E-state index contributed by atoms with van der Waals surface area (Å²) in [6, 6.07) is -0.273. The summed E-state index contributed by atoms with van der Waals surface area (Å²) in [5, 5.41) is 18.1. The molecular formula is C12H24N2O4. The maximum atomic E-state index is 12.2. The second-order valence-electron chi connectivity index (χ2n) is 5.09. The standard InChI is InChI=1S/C12H24N2O4/c1-6-14(7-9(2)10(16)17)11(18)13(5)12(3,4)8-15/h9,15H,6-8H2,1-5H3,(H,16,17). The Balaban J connectivity index is 4.77. The van der Waals surface area contributed by atoms with Crippen LogP contribution in [0, 0.1) is 5.92 Å². The number of rotatable bonds is 6. The molecule has 0 aliphatic rings. The summed E-state index contributed by atoms with van der Waals surface area (Å²) in [7, 11) is 1.60. The molecule has 0 fully saturated rings. The Morgan fingerprint density at radius 2 is 1.83 bits per heavy atom. The number of urea groups is 1. The van der Waals surface area contributed by atoms with Crippen LogP contribution in [-0.2, 0) is 4.79 Å². The molecule has 2 N–H and O–H groups in total. The minimum atomic E-state index is -0.926. The van der Waals surface area contributed by atoms with Gasteiger partial charge in [-0.15, -0.1) is 0 Å². The van der Waals surface area contributed by atoms with Crippen LogP contribution in [0.3, 0.4) is 0 Å². The van der Waals surface area contributed by atoms with Crippen LogP contribution in [0.15, 0.2) is 0 Å². The van der Waals surface area contributed by atoms with E-state index in [1.54, 1.807) is 34.7 Å². The quantitative estimate of drug-likeness (QED) is 0.742. The van der Waals surface area contributed by atoms with E-state index in [1.807, 2.05) is 0 Å². The van der Waals surface area contributed by atoms with Gasteiger partial charge in [0, 0.05) is 20.1 Å². The van der Waals surface area contributed by atoms with Gasteiger partial charge in [0.2, 0.25) is 0 Å². The van der Waals surface area contributed by atoms with E-state index >= 15 is 0 Å². The highest BCUT2D eigenvalue weighted by Gasteiger charge is 2.30. The van der Waals surface area contributed by atoms with Gasteiger partial charge in [0.1, 0.15) is 0 Å². The maximum absolute atomic E-state index is 12.2. The van der Waals surface area contributed by atoms with Crippen molar-refractivity contribution < 1.29 is 19.8 Å². The van der Waals surface area contributed by atoms with Gasteiger partial charge >= 0.3 is 12.0 Å². The van der Waals surface area contributed by atoms with Crippen molar-refractivity contribution >= 4 is 12.0 Å². The molecule has 0 radical (unpaired) electrons. The summed E-state index contributed by atoms with van der Waals surface area (Å²) in [5.74, 6) is -1.54. The Morgan fingerprint density at radius 1 is 1.33 bits per heavy atom. The third kappa shape index (κ3) is 4.18. The highest BCUT2D eigenvalue weighted by molar-refractivity contribution is 5.76. The first-order chi connectivity index (χ1) is 8.17. The van der Waals surface area contributed by atoms with Crippen LogP contribution in [0.4, 0.5) is 4.79 Å². The van der Waals surface area contributed by atoms with Crippen LogP contribution in [0.5, 0.6) is 0 Å². The molecule has 1 atom stereocenters. The van der Waals surface area contributed by atoms with E-state index in [-0.39, 0.29) is 19.2 Å². The van der Waals surface area contributed by atoms with Crippen LogP contribution in [-0.4, -0.2) is 64.3 Å². The number of aliphatic hydroxyl groups excluding tert-OH is 1. The number of carboxylic acid groups (broad SMARTS) is 1. The highest BCUT2D eigenvalue weighted by atomic mass is 16.4. The summed E-state index contributed by atoms with van der Waals surface area (Å²) in [6.07, 6.45) is 0. The summed E-state index contributed by atoms with van der Waals surface area (Å²) in [6.45, 7) is 7.31. The zero-order valence-electron chi connectivity index (χ0n) is 11.8. The first-order valence-corrected chi connectivity index (χ1v) is 6.03. The normalized spacial score (nSPS) is 13.0. The largest absolute Gasteiger partial charge is 0.481 e. The molecule has 6 heteroatoms. The van der Waals surface area contributed by atoms with E-state index in [2.05, 4.69) is 0 Å².